The molecule has 1 N–H and O–H groups in total. The molecule has 6 nitrogen and oxygen atoms in total. The van der Waals surface area contributed by atoms with E-state index in [2.05, 4.69) is 11.4 Å². The zero-order valence-corrected chi connectivity index (χ0v) is 16.0. The van der Waals surface area contributed by atoms with Crippen LogP contribution in [0.2, 0.25) is 0 Å². The Kier molecular flexibility index (Phi) is 5.35. The molecule has 0 unspecified atom stereocenters. The smallest absolute Gasteiger partial charge is 0.229 e. The van der Waals surface area contributed by atoms with E-state index in [1.165, 1.54) is 0 Å². The number of nitrogens with zero attached hydrogens (tertiary/aromatic N) is 1. The molecule has 2 aromatic rings. The van der Waals surface area contributed by atoms with Gasteiger partial charge in [-0.2, -0.15) is 0 Å². The van der Waals surface area contributed by atoms with Crippen molar-refractivity contribution in [1.82, 2.24) is 0 Å². The maximum atomic E-state index is 12.8. The van der Waals surface area contributed by atoms with Crippen LogP contribution in [-0.2, 0) is 9.59 Å². The van der Waals surface area contributed by atoms with Gasteiger partial charge in [-0.25, -0.2) is 0 Å². The Morgan fingerprint density at radius 2 is 1.78 bits per heavy atom. The first-order valence-electron chi connectivity index (χ1n) is 8.83. The molecular formula is C21H24N2O4. The van der Waals surface area contributed by atoms with E-state index < -0.39 is 5.92 Å². The van der Waals surface area contributed by atoms with Gasteiger partial charge in [0.05, 0.1) is 25.8 Å². The molecule has 0 aliphatic carbocycles. The Morgan fingerprint density at radius 1 is 1.07 bits per heavy atom. The number of benzene rings is 2. The van der Waals surface area contributed by atoms with E-state index >= 15 is 0 Å². The molecule has 0 aromatic heterocycles. The van der Waals surface area contributed by atoms with Crippen molar-refractivity contribution in [2.75, 3.05) is 31.0 Å². The van der Waals surface area contributed by atoms with Gasteiger partial charge in [-0.3, -0.25) is 9.59 Å². The molecule has 1 aliphatic heterocycles. The lowest BCUT2D eigenvalue weighted by atomic mass is 10.1. The summed E-state index contributed by atoms with van der Waals surface area (Å²) >= 11 is 0. The van der Waals surface area contributed by atoms with Crippen LogP contribution in [0.4, 0.5) is 11.4 Å². The highest BCUT2D eigenvalue weighted by atomic mass is 16.5. The van der Waals surface area contributed by atoms with Gasteiger partial charge in [0.2, 0.25) is 11.8 Å². The molecule has 1 aliphatic rings. The Labute approximate surface area is 159 Å². The average Bonchev–Trinajstić information content (AvgIpc) is 3.02. The number of methoxy groups -OCH3 is 2. The summed E-state index contributed by atoms with van der Waals surface area (Å²) < 4.78 is 10.5. The fourth-order valence-corrected chi connectivity index (χ4v) is 3.39. The maximum absolute atomic E-state index is 12.8. The number of hydrogen-bond acceptors (Lipinski definition) is 4. The molecule has 0 saturated carbocycles. The van der Waals surface area contributed by atoms with Gasteiger partial charge in [0.15, 0.2) is 0 Å². The number of aryl methyl sites for hydroxylation is 2. The Balaban J connectivity index is 1.76. The predicted molar refractivity (Wildman–Crippen MR) is 105 cm³/mol. The molecule has 142 valence electrons. The summed E-state index contributed by atoms with van der Waals surface area (Å²) in [7, 11) is 3.10. The lowest BCUT2D eigenvalue weighted by Gasteiger charge is -2.18. The Morgan fingerprint density at radius 3 is 2.41 bits per heavy atom. The number of amides is 2. The maximum Gasteiger partial charge on any atom is 0.229 e. The topological polar surface area (TPSA) is 67.9 Å². The van der Waals surface area contributed by atoms with E-state index in [0.717, 1.165) is 16.8 Å². The highest BCUT2D eigenvalue weighted by molar-refractivity contribution is 6.04. The summed E-state index contributed by atoms with van der Waals surface area (Å²) in [6.45, 7) is 4.35. The van der Waals surface area contributed by atoms with Crippen molar-refractivity contribution in [3.63, 3.8) is 0 Å². The van der Waals surface area contributed by atoms with Crippen molar-refractivity contribution in [1.29, 1.82) is 0 Å². The van der Waals surface area contributed by atoms with Crippen LogP contribution < -0.4 is 19.7 Å². The second-order valence-electron chi connectivity index (χ2n) is 6.81. The summed E-state index contributed by atoms with van der Waals surface area (Å²) in [4.78, 5) is 26.9. The highest BCUT2D eigenvalue weighted by Crippen LogP contribution is 2.31. The molecule has 2 amide bonds. The molecule has 0 bridgehead atoms. The van der Waals surface area contributed by atoms with Crippen molar-refractivity contribution in [3.8, 4) is 11.5 Å². The van der Waals surface area contributed by atoms with E-state index in [-0.39, 0.29) is 18.2 Å². The number of nitrogens with one attached hydrogen (secondary N) is 1. The Bertz CT molecular complexity index is 858. The average molecular weight is 368 g/mol. The van der Waals surface area contributed by atoms with E-state index in [0.29, 0.717) is 23.7 Å². The molecular weight excluding hydrogens is 344 g/mol. The third-order valence-electron chi connectivity index (χ3n) is 4.68. The first kappa shape index (κ1) is 18.8. The molecule has 1 saturated heterocycles. The van der Waals surface area contributed by atoms with E-state index in [1.54, 1.807) is 37.3 Å². The summed E-state index contributed by atoms with van der Waals surface area (Å²) in [6, 6.07) is 11.2. The molecule has 1 heterocycles. The fourth-order valence-electron chi connectivity index (χ4n) is 3.39. The third-order valence-corrected chi connectivity index (χ3v) is 4.68. The minimum Gasteiger partial charge on any atom is -0.497 e. The van der Waals surface area contributed by atoms with E-state index in [1.807, 2.05) is 26.0 Å². The standard InChI is InChI=1S/C21H24N2O4/c1-13-7-14(2)9-16(8-13)23-12-15(10-20(23)24)21(25)22-18-11-17(26-3)5-6-19(18)27-4/h5-9,11,15H,10,12H2,1-4H3,(H,22,25)/t15-/m1/s1. The molecule has 1 atom stereocenters. The van der Waals surface area contributed by atoms with Gasteiger partial charge >= 0.3 is 0 Å². The predicted octanol–water partition coefficient (Wildman–Crippen LogP) is 3.31. The van der Waals surface area contributed by atoms with Gasteiger partial charge in [0, 0.05) is 24.7 Å². The first-order chi connectivity index (χ1) is 12.9. The minimum atomic E-state index is -0.422. The molecule has 1 fully saturated rings. The monoisotopic (exact) mass is 368 g/mol. The summed E-state index contributed by atoms with van der Waals surface area (Å²) in [5.41, 5.74) is 3.55. The van der Waals surface area contributed by atoms with Gasteiger partial charge in [0.1, 0.15) is 11.5 Å². The zero-order chi connectivity index (χ0) is 19.6. The van der Waals surface area contributed by atoms with Crippen LogP contribution in [0.5, 0.6) is 11.5 Å². The number of ether oxygens (including phenoxy) is 2. The van der Waals surface area contributed by atoms with Crippen molar-refractivity contribution in [2.45, 2.75) is 20.3 Å². The zero-order valence-electron chi connectivity index (χ0n) is 16.0. The van der Waals surface area contributed by atoms with Gasteiger partial charge in [-0.05, 0) is 49.2 Å². The molecule has 0 spiro atoms. The quantitative estimate of drug-likeness (QED) is 0.879. The largest absolute Gasteiger partial charge is 0.497 e. The molecule has 2 aromatic carbocycles. The van der Waals surface area contributed by atoms with Gasteiger partial charge in [-0.1, -0.05) is 6.07 Å². The summed E-state index contributed by atoms with van der Waals surface area (Å²) in [5, 5.41) is 2.87. The van der Waals surface area contributed by atoms with Crippen LogP contribution in [0, 0.1) is 19.8 Å². The van der Waals surface area contributed by atoms with Crippen molar-refractivity contribution < 1.29 is 19.1 Å². The lowest BCUT2D eigenvalue weighted by molar-refractivity contribution is -0.122. The molecule has 3 rings (SSSR count). The molecule has 0 radical (unpaired) electrons. The minimum absolute atomic E-state index is 0.0437. The number of carbonyl (C=O) groups is 2. The van der Waals surface area contributed by atoms with Crippen LogP contribution in [-0.4, -0.2) is 32.6 Å². The number of hydrogen-bond donors (Lipinski definition) is 1. The van der Waals surface area contributed by atoms with Crippen LogP contribution in [0.25, 0.3) is 0 Å². The van der Waals surface area contributed by atoms with Crippen molar-refractivity contribution in [2.24, 2.45) is 5.92 Å². The van der Waals surface area contributed by atoms with Crippen LogP contribution in [0.15, 0.2) is 36.4 Å². The molecule has 27 heavy (non-hydrogen) atoms. The van der Waals surface area contributed by atoms with Gasteiger partial charge < -0.3 is 19.7 Å². The number of rotatable bonds is 5. The van der Waals surface area contributed by atoms with Crippen LogP contribution in [0.1, 0.15) is 17.5 Å². The van der Waals surface area contributed by atoms with E-state index in [9.17, 15) is 9.59 Å². The number of anilines is 2. The number of carbonyl (C=O) groups excluding carboxylic acids is 2. The van der Waals surface area contributed by atoms with Crippen molar-refractivity contribution >= 4 is 23.2 Å². The van der Waals surface area contributed by atoms with Crippen LogP contribution in [0.3, 0.4) is 0 Å². The normalized spacial score (nSPS) is 16.4. The SMILES string of the molecule is COc1ccc(OC)c(NC(=O)[C@@H]2CC(=O)N(c3cc(C)cc(C)c3)C2)c1. The Hall–Kier alpha value is -3.02. The second kappa shape index (κ2) is 7.70. The van der Waals surface area contributed by atoms with Crippen molar-refractivity contribution in [3.05, 3.63) is 47.5 Å². The lowest BCUT2D eigenvalue weighted by Crippen LogP contribution is -2.28. The summed E-state index contributed by atoms with van der Waals surface area (Å²) in [5.74, 6) is 0.485. The first-order valence-corrected chi connectivity index (χ1v) is 8.83. The van der Waals surface area contributed by atoms with Crippen LogP contribution >= 0.6 is 0 Å². The fraction of sp³-hybridized carbons (Fsp3) is 0.333. The second-order valence-corrected chi connectivity index (χ2v) is 6.81. The highest BCUT2D eigenvalue weighted by Gasteiger charge is 2.35. The summed E-state index contributed by atoms with van der Waals surface area (Å²) in [6.07, 6.45) is 0.186. The van der Waals surface area contributed by atoms with Gasteiger partial charge in [-0.15, -0.1) is 0 Å². The van der Waals surface area contributed by atoms with E-state index in [4.69, 9.17) is 9.47 Å². The van der Waals surface area contributed by atoms with Gasteiger partial charge in [0.25, 0.3) is 0 Å². The third kappa shape index (κ3) is 4.05. The molecule has 6 heteroatoms.